The highest BCUT2D eigenvalue weighted by molar-refractivity contribution is 7.47. The Morgan fingerprint density at radius 1 is 0.301 bits per heavy atom. The fourth-order valence-electron chi connectivity index (χ4n) is 10.2. The van der Waals surface area contributed by atoms with Crippen molar-refractivity contribution in [2.75, 3.05) is 39.6 Å². The molecule has 93 heavy (non-hydrogen) atoms. The van der Waals surface area contributed by atoms with Gasteiger partial charge in [0.1, 0.15) is 25.4 Å². The molecule has 18 heteroatoms. The fourth-order valence-corrected chi connectivity index (χ4v) is 11.8. The second-order valence-electron chi connectivity index (χ2n) is 25.1. The summed E-state index contributed by atoms with van der Waals surface area (Å²) in [4.78, 5) is 58.4. The second-order valence-corrected chi connectivity index (χ2v) is 28.0. The summed E-state index contributed by atoms with van der Waals surface area (Å²) in [5.74, 6) is -1.58. The van der Waals surface area contributed by atoms with Crippen molar-refractivity contribution in [2.45, 2.75) is 347 Å². The molecule has 0 aromatic carbocycles. The molecule has 542 valence electrons. The zero-order valence-corrected chi connectivity index (χ0v) is 60.7. The molecule has 0 fully saturated rings. The maximum Gasteiger partial charge on any atom is 0.472 e. The van der Waals surface area contributed by atoms with Gasteiger partial charge in [0.05, 0.1) is 26.4 Å². The first kappa shape index (κ1) is 90.0. The van der Waals surface area contributed by atoms with Gasteiger partial charge in [-0.15, -0.1) is 0 Å². The van der Waals surface area contributed by atoms with Crippen LogP contribution >= 0.6 is 15.6 Å². The Morgan fingerprint density at radius 2 is 0.538 bits per heavy atom. The number of ether oxygens (including phenoxy) is 3. The van der Waals surface area contributed by atoms with Crippen LogP contribution < -0.4 is 0 Å². The van der Waals surface area contributed by atoms with Crippen molar-refractivity contribution in [3.63, 3.8) is 0 Å². The highest BCUT2D eigenvalue weighted by Gasteiger charge is 2.29. The number of aliphatic hydroxyl groups excluding tert-OH is 2. The molecule has 0 aliphatic rings. The topological polar surface area (TPSA) is 231 Å². The van der Waals surface area contributed by atoms with E-state index in [2.05, 4.69) is 93.7 Å². The minimum absolute atomic E-state index is 0.107. The fraction of sp³-hybridized carbons (Fsp3) is 0.800. The van der Waals surface area contributed by atoms with Gasteiger partial charge in [0.25, 0.3) is 0 Å². The quantitative estimate of drug-likeness (QED) is 0.0146. The lowest BCUT2D eigenvalue weighted by Gasteiger charge is -2.21. The van der Waals surface area contributed by atoms with Crippen molar-refractivity contribution in [3.05, 3.63) is 72.9 Å². The number of esters is 3. The van der Waals surface area contributed by atoms with Gasteiger partial charge in [0.15, 0.2) is 6.10 Å². The molecule has 0 rings (SSSR count). The van der Waals surface area contributed by atoms with Gasteiger partial charge in [-0.2, -0.15) is 0 Å². The molecule has 0 bridgehead atoms. The zero-order chi connectivity index (χ0) is 68.1. The SMILES string of the molecule is CCCCC/C=C\C/C=C\C/C=C\C/C=C\CCCCCCCCCCCCCCCC(=O)OCC(O)COP(=O)(O)OCC(O)COP(=O)(O)OCC(COC(=O)CCCCCCC/C=C\C/C=C\CCCCC)OC(=O)CCCCCCCCCCCCCCC. The van der Waals surface area contributed by atoms with Crippen LogP contribution in [0.25, 0.3) is 0 Å². The van der Waals surface area contributed by atoms with Gasteiger partial charge < -0.3 is 34.2 Å². The van der Waals surface area contributed by atoms with Crippen LogP contribution in [0.5, 0.6) is 0 Å². The molecule has 0 aromatic rings. The summed E-state index contributed by atoms with van der Waals surface area (Å²) in [6, 6.07) is 0. The monoisotopic (exact) mass is 1350 g/mol. The van der Waals surface area contributed by atoms with Crippen LogP contribution in [0.2, 0.25) is 0 Å². The summed E-state index contributed by atoms with van der Waals surface area (Å²) in [5.41, 5.74) is 0. The summed E-state index contributed by atoms with van der Waals surface area (Å²) in [7, 11) is -9.77. The molecule has 16 nitrogen and oxygen atoms in total. The molecule has 5 unspecified atom stereocenters. The van der Waals surface area contributed by atoms with E-state index < -0.39 is 91.5 Å². The molecular weight excluding hydrogens is 1220 g/mol. The molecule has 0 spiro atoms. The van der Waals surface area contributed by atoms with E-state index in [4.69, 9.17) is 32.3 Å². The molecule has 0 aliphatic heterocycles. The minimum atomic E-state index is -4.92. The Morgan fingerprint density at radius 3 is 0.871 bits per heavy atom. The standard InChI is InChI=1S/C75H136O16P2/c1-4-7-10-13-16-19-22-25-27-28-29-30-31-32-33-34-35-36-37-38-39-40-42-45-46-49-52-55-58-61-73(78)85-64-70(76)65-87-92(81,82)88-66-71(77)67-89-93(83,84)90-69-72(91-75(80)63-60-57-54-51-48-43-24-21-18-15-12-9-6-3)68-86-74(79)62-59-56-53-50-47-44-41-26-23-20-17-14-11-8-5-2/h16-17,19-20,25-27,29-30,32-33,41,70-72,76-77H,4-15,18,21-24,28,31,34-40,42-69H2,1-3H3,(H,81,82)(H,83,84)/b19-16-,20-17-,27-25-,30-29-,33-32-,41-26-. The third-order valence-electron chi connectivity index (χ3n) is 15.9. The van der Waals surface area contributed by atoms with Crippen molar-refractivity contribution in [2.24, 2.45) is 0 Å². The summed E-state index contributed by atoms with van der Waals surface area (Å²) in [6.45, 7) is 2.64. The van der Waals surface area contributed by atoms with Crippen LogP contribution in [0, 0.1) is 0 Å². The minimum Gasteiger partial charge on any atom is -0.463 e. The van der Waals surface area contributed by atoms with Gasteiger partial charge in [-0.3, -0.25) is 32.5 Å². The number of rotatable bonds is 71. The number of hydrogen-bond donors (Lipinski definition) is 4. The first-order chi connectivity index (χ1) is 45.2. The molecule has 4 N–H and O–H groups in total. The van der Waals surface area contributed by atoms with Crippen molar-refractivity contribution in [3.8, 4) is 0 Å². The number of unbranched alkanes of at least 4 members (excludes halogenated alkanes) is 36. The molecule has 0 aliphatic carbocycles. The van der Waals surface area contributed by atoms with Gasteiger partial charge in [-0.25, -0.2) is 9.13 Å². The Labute approximate surface area is 566 Å². The van der Waals surface area contributed by atoms with E-state index >= 15 is 0 Å². The van der Waals surface area contributed by atoms with Gasteiger partial charge in [-0.05, 0) is 96.3 Å². The molecule has 0 saturated heterocycles. The molecule has 0 saturated carbocycles. The number of phosphoric ester groups is 2. The van der Waals surface area contributed by atoms with Crippen LogP contribution in [0.3, 0.4) is 0 Å². The van der Waals surface area contributed by atoms with Crippen molar-refractivity contribution >= 4 is 33.6 Å². The maximum absolute atomic E-state index is 12.9. The normalized spacial score (nSPS) is 14.5. The maximum atomic E-state index is 12.9. The molecule has 0 aromatic heterocycles. The Kier molecular flexibility index (Phi) is 66.7. The van der Waals surface area contributed by atoms with Gasteiger partial charge >= 0.3 is 33.6 Å². The van der Waals surface area contributed by atoms with Gasteiger partial charge in [0.2, 0.25) is 0 Å². The van der Waals surface area contributed by atoms with E-state index in [1.807, 2.05) is 0 Å². The average molecular weight is 1360 g/mol. The zero-order valence-electron chi connectivity index (χ0n) is 58.9. The summed E-state index contributed by atoms with van der Waals surface area (Å²) < 4.78 is 60.9. The third-order valence-corrected chi connectivity index (χ3v) is 17.8. The second kappa shape index (κ2) is 68.9. The third kappa shape index (κ3) is 70.1. The van der Waals surface area contributed by atoms with Crippen LogP contribution in [0.1, 0.15) is 329 Å². The predicted molar refractivity (Wildman–Crippen MR) is 381 cm³/mol. The number of aliphatic hydroxyl groups is 2. The molecule has 0 heterocycles. The Hall–Kier alpha value is -3.01. The lowest BCUT2D eigenvalue weighted by molar-refractivity contribution is -0.161. The summed E-state index contributed by atoms with van der Waals surface area (Å²) in [5, 5.41) is 20.6. The lowest BCUT2D eigenvalue weighted by Crippen LogP contribution is -2.30. The molecule has 0 radical (unpaired) electrons. The van der Waals surface area contributed by atoms with Crippen molar-refractivity contribution < 1.29 is 75.8 Å². The smallest absolute Gasteiger partial charge is 0.463 e. The van der Waals surface area contributed by atoms with Crippen LogP contribution in [0.4, 0.5) is 0 Å². The van der Waals surface area contributed by atoms with Gasteiger partial charge in [0, 0.05) is 19.3 Å². The van der Waals surface area contributed by atoms with E-state index in [-0.39, 0.29) is 19.3 Å². The lowest BCUT2D eigenvalue weighted by atomic mass is 10.0. The average Bonchev–Trinajstić information content (AvgIpc) is 2.91. The van der Waals surface area contributed by atoms with E-state index in [0.717, 1.165) is 116 Å². The largest absolute Gasteiger partial charge is 0.472 e. The highest BCUT2D eigenvalue weighted by atomic mass is 31.2. The number of carbonyl (C=O) groups excluding carboxylic acids is 3. The Bertz CT molecular complexity index is 1990. The van der Waals surface area contributed by atoms with Crippen LogP contribution in [-0.2, 0) is 55.8 Å². The van der Waals surface area contributed by atoms with Crippen LogP contribution in [-0.4, -0.2) is 95.9 Å². The van der Waals surface area contributed by atoms with E-state index in [1.54, 1.807) is 0 Å². The van der Waals surface area contributed by atoms with Crippen molar-refractivity contribution in [1.82, 2.24) is 0 Å². The van der Waals surface area contributed by atoms with Gasteiger partial charge in [-0.1, -0.05) is 286 Å². The molecule has 0 amide bonds. The number of allylic oxidation sites excluding steroid dienone is 12. The summed E-state index contributed by atoms with van der Waals surface area (Å²) >= 11 is 0. The van der Waals surface area contributed by atoms with E-state index in [0.29, 0.717) is 19.3 Å². The first-order valence-corrected chi connectivity index (χ1v) is 40.2. The predicted octanol–water partition coefficient (Wildman–Crippen LogP) is 21.1. The highest BCUT2D eigenvalue weighted by Crippen LogP contribution is 2.45. The Balaban J connectivity index is 4.43. The van der Waals surface area contributed by atoms with E-state index in [9.17, 15) is 43.5 Å². The number of carbonyl (C=O) groups is 3. The van der Waals surface area contributed by atoms with Crippen LogP contribution in [0.15, 0.2) is 72.9 Å². The van der Waals surface area contributed by atoms with Crippen molar-refractivity contribution in [1.29, 1.82) is 0 Å². The summed E-state index contributed by atoms with van der Waals surface area (Å²) in [6.07, 6.45) is 73.9. The first-order valence-electron chi connectivity index (χ1n) is 37.2. The number of hydrogen-bond acceptors (Lipinski definition) is 14. The molecule has 5 atom stereocenters. The van der Waals surface area contributed by atoms with E-state index in [1.165, 1.54) is 154 Å². The molecular formula is C75H136O16P2. The number of phosphoric acid groups is 2.